The lowest BCUT2D eigenvalue weighted by atomic mass is 10.0. The highest BCUT2D eigenvalue weighted by Crippen LogP contribution is 2.26. The minimum Gasteiger partial charge on any atom is -0.397 e. The zero-order valence-corrected chi connectivity index (χ0v) is 12.5. The number of hydrogen-bond acceptors (Lipinski definition) is 3. The molecule has 0 spiro atoms. The van der Waals surface area contributed by atoms with Gasteiger partial charge in [-0.1, -0.05) is 0 Å². The first kappa shape index (κ1) is 13.3. The number of nitrogen functional groups attached to an aromatic ring is 1. The highest BCUT2D eigenvalue weighted by atomic mass is 127. The van der Waals surface area contributed by atoms with Crippen LogP contribution in [-0.4, -0.2) is 18.1 Å². The van der Waals surface area contributed by atoms with E-state index < -0.39 is 0 Å². The van der Waals surface area contributed by atoms with Crippen LogP contribution in [0.15, 0.2) is 12.1 Å². The molecule has 1 aromatic carbocycles. The molecule has 1 aliphatic rings. The van der Waals surface area contributed by atoms with Crippen molar-refractivity contribution in [2.75, 3.05) is 29.1 Å². The number of hydrogen-bond donors (Lipinski definition) is 2. The van der Waals surface area contributed by atoms with Gasteiger partial charge in [-0.25, -0.2) is 4.39 Å². The van der Waals surface area contributed by atoms with Crippen molar-refractivity contribution in [3.05, 3.63) is 21.5 Å². The van der Waals surface area contributed by atoms with Crippen LogP contribution in [0.5, 0.6) is 0 Å². The third kappa shape index (κ3) is 3.64. The Kier molecular flexibility index (Phi) is 4.78. The predicted molar refractivity (Wildman–Crippen MR) is 82.1 cm³/mol. The molecule has 1 aromatic rings. The first-order valence-corrected chi connectivity index (χ1v) is 7.96. The van der Waals surface area contributed by atoms with Gasteiger partial charge in [0.2, 0.25) is 0 Å². The zero-order valence-electron chi connectivity index (χ0n) is 9.51. The first-order valence-electron chi connectivity index (χ1n) is 5.73. The molecule has 1 saturated heterocycles. The second-order valence-electron chi connectivity index (χ2n) is 4.29. The molecule has 0 bridgehead atoms. The van der Waals surface area contributed by atoms with Gasteiger partial charge >= 0.3 is 0 Å². The number of nitrogens with two attached hydrogens (primary N) is 1. The molecule has 0 unspecified atom stereocenters. The van der Waals surface area contributed by atoms with Crippen LogP contribution in [-0.2, 0) is 0 Å². The van der Waals surface area contributed by atoms with Crippen molar-refractivity contribution in [1.82, 2.24) is 0 Å². The number of halogens is 2. The number of thioether (sulfide) groups is 1. The summed E-state index contributed by atoms with van der Waals surface area (Å²) in [6, 6.07) is 3.17. The molecule has 1 fully saturated rings. The van der Waals surface area contributed by atoms with E-state index in [9.17, 15) is 4.39 Å². The topological polar surface area (TPSA) is 38.0 Å². The zero-order chi connectivity index (χ0) is 12.3. The lowest BCUT2D eigenvalue weighted by molar-refractivity contribution is 0.516. The molecule has 2 nitrogen and oxygen atoms in total. The SMILES string of the molecule is Nc1cc(I)c(F)cc1NCC1CCSCC1. The fourth-order valence-electron chi connectivity index (χ4n) is 1.92. The van der Waals surface area contributed by atoms with Crippen molar-refractivity contribution >= 4 is 45.7 Å². The van der Waals surface area contributed by atoms with E-state index in [0.29, 0.717) is 15.2 Å². The van der Waals surface area contributed by atoms with Gasteiger partial charge in [-0.05, 0) is 58.9 Å². The number of rotatable bonds is 3. The summed E-state index contributed by atoms with van der Waals surface area (Å²) in [5.41, 5.74) is 7.22. The summed E-state index contributed by atoms with van der Waals surface area (Å²) in [6.45, 7) is 0.894. The van der Waals surface area contributed by atoms with Crippen molar-refractivity contribution in [1.29, 1.82) is 0 Å². The van der Waals surface area contributed by atoms with Crippen LogP contribution in [0.4, 0.5) is 15.8 Å². The van der Waals surface area contributed by atoms with Gasteiger partial charge < -0.3 is 11.1 Å². The Bertz CT molecular complexity index is 394. The Morgan fingerprint density at radius 1 is 1.41 bits per heavy atom. The monoisotopic (exact) mass is 366 g/mol. The summed E-state index contributed by atoms with van der Waals surface area (Å²) in [4.78, 5) is 0. The van der Waals surface area contributed by atoms with Crippen molar-refractivity contribution in [2.24, 2.45) is 5.92 Å². The first-order chi connectivity index (χ1) is 8.16. The van der Waals surface area contributed by atoms with E-state index in [-0.39, 0.29) is 5.82 Å². The van der Waals surface area contributed by atoms with Gasteiger partial charge in [0.1, 0.15) is 5.82 Å². The maximum atomic E-state index is 13.4. The summed E-state index contributed by atoms with van der Waals surface area (Å²) in [5, 5.41) is 3.27. The summed E-state index contributed by atoms with van der Waals surface area (Å²) in [7, 11) is 0. The van der Waals surface area contributed by atoms with Gasteiger partial charge in [-0.3, -0.25) is 0 Å². The Labute approximate surface area is 119 Å². The van der Waals surface area contributed by atoms with Gasteiger partial charge in [0.25, 0.3) is 0 Å². The fourth-order valence-corrected chi connectivity index (χ4v) is 3.62. The molecule has 0 atom stereocenters. The molecule has 0 aromatic heterocycles. The fraction of sp³-hybridized carbons (Fsp3) is 0.500. The predicted octanol–water partition coefficient (Wildman–Crippen LogP) is 3.57. The number of nitrogens with one attached hydrogen (secondary N) is 1. The van der Waals surface area contributed by atoms with Gasteiger partial charge in [-0.15, -0.1) is 0 Å². The van der Waals surface area contributed by atoms with E-state index >= 15 is 0 Å². The van der Waals surface area contributed by atoms with Crippen LogP contribution in [0.25, 0.3) is 0 Å². The van der Waals surface area contributed by atoms with E-state index in [1.165, 1.54) is 30.4 Å². The molecule has 1 aliphatic heterocycles. The second kappa shape index (κ2) is 6.13. The molecule has 1 heterocycles. The summed E-state index contributed by atoms with van der Waals surface area (Å²) >= 11 is 3.97. The van der Waals surface area contributed by atoms with Gasteiger partial charge in [0.15, 0.2) is 0 Å². The van der Waals surface area contributed by atoms with Crippen LogP contribution in [0.1, 0.15) is 12.8 Å². The highest BCUT2D eigenvalue weighted by molar-refractivity contribution is 14.1. The number of anilines is 2. The number of benzene rings is 1. The van der Waals surface area contributed by atoms with Crippen molar-refractivity contribution in [2.45, 2.75) is 12.8 Å². The standard InChI is InChI=1S/C12H16FIN2S/c13-9-5-12(11(15)6-10(9)14)16-7-8-1-3-17-4-2-8/h5-6,8,16H,1-4,7,15H2. The Balaban J connectivity index is 1.96. The quantitative estimate of drug-likeness (QED) is 0.635. The van der Waals surface area contributed by atoms with E-state index in [4.69, 9.17) is 5.73 Å². The van der Waals surface area contributed by atoms with Crippen molar-refractivity contribution in [3.63, 3.8) is 0 Å². The van der Waals surface area contributed by atoms with E-state index in [0.717, 1.165) is 12.2 Å². The molecule has 94 valence electrons. The molecule has 0 saturated carbocycles. The molecule has 0 amide bonds. The largest absolute Gasteiger partial charge is 0.397 e. The van der Waals surface area contributed by atoms with Crippen LogP contribution >= 0.6 is 34.4 Å². The summed E-state index contributed by atoms with van der Waals surface area (Å²) in [6.07, 6.45) is 2.48. The Morgan fingerprint density at radius 2 is 2.12 bits per heavy atom. The van der Waals surface area contributed by atoms with Crippen LogP contribution in [0.3, 0.4) is 0 Å². The minimum atomic E-state index is -0.207. The van der Waals surface area contributed by atoms with Crippen molar-refractivity contribution < 1.29 is 4.39 Å². The molecule has 5 heteroatoms. The Morgan fingerprint density at radius 3 is 2.82 bits per heavy atom. The third-order valence-electron chi connectivity index (χ3n) is 3.01. The molecule has 2 rings (SSSR count). The molecular weight excluding hydrogens is 350 g/mol. The van der Waals surface area contributed by atoms with E-state index in [1.807, 2.05) is 34.4 Å². The summed E-state index contributed by atoms with van der Waals surface area (Å²) in [5.74, 6) is 2.96. The van der Waals surface area contributed by atoms with Crippen LogP contribution in [0, 0.1) is 15.3 Å². The maximum Gasteiger partial charge on any atom is 0.138 e. The van der Waals surface area contributed by atoms with Crippen molar-refractivity contribution in [3.8, 4) is 0 Å². The van der Waals surface area contributed by atoms with Gasteiger partial charge in [0, 0.05) is 12.6 Å². The highest BCUT2D eigenvalue weighted by Gasteiger charge is 2.14. The van der Waals surface area contributed by atoms with E-state index in [1.54, 1.807) is 6.07 Å². The summed E-state index contributed by atoms with van der Waals surface area (Å²) < 4.78 is 14.0. The molecule has 3 N–H and O–H groups in total. The van der Waals surface area contributed by atoms with Gasteiger partial charge in [-0.2, -0.15) is 11.8 Å². The maximum absolute atomic E-state index is 13.4. The molecule has 0 aliphatic carbocycles. The average molecular weight is 366 g/mol. The van der Waals surface area contributed by atoms with E-state index in [2.05, 4.69) is 5.32 Å². The second-order valence-corrected chi connectivity index (χ2v) is 6.68. The molecular formula is C12H16FIN2S. The molecule has 17 heavy (non-hydrogen) atoms. The van der Waals surface area contributed by atoms with Gasteiger partial charge in [0.05, 0.1) is 14.9 Å². The average Bonchev–Trinajstić information content (AvgIpc) is 2.33. The lowest BCUT2D eigenvalue weighted by Gasteiger charge is -2.22. The Hall–Kier alpha value is -0.170. The smallest absolute Gasteiger partial charge is 0.138 e. The molecule has 0 radical (unpaired) electrons. The third-order valence-corrected chi connectivity index (χ3v) is 4.89. The lowest BCUT2D eigenvalue weighted by Crippen LogP contribution is -2.19. The van der Waals surface area contributed by atoms with Crippen LogP contribution in [0.2, 0.25) is 0 Å². The minimum absolute atomic E-state index is 0.207. The van der Waals surface area contributed by atoms with Crippen LogP contribution < -0.4 is 11.1 Å². The normalized spacial score (nSPS) is 17.1.